The van der Waals surface area contributed by atoms with Gasteiger partial charge in [-0.2, -0.15) is 0 Å². The average molecular weight is 262 g/mol. The molecule has 5 heteroatoms. The first-order valence-electron chi connectivity index (χ1n) is 6.88. The van der Waals surface area contributed by atoms with E-state index in [9.17, 15) is 9.59 Å². The lowest BCUT2D eigenvalue weighted by molar-refractivity contribution is 0.276. The van der Waals surface area contributed by atoms with Crippen LogP contribution < -0.4 is 0 Å². The molecule has 0 aromatic heterocycles. The molecule has 0 unspecified atom stereocenters. The van der Waals surface area contributed by atoms with Crippen molar-refractivity contribution in [3.63, 3.8) is 0 Å². The van der Waals surface area contributed by atoms with Crippen LogP contribution >= 0.6 is 0 Å². The first-order chi connectivity index (χ1) is 7.99. The summed E-state index contributed by atoms with van der Waals surface area (Å²) < 4.78 is 0. The van der Waals surface area contributed by atoms with Crippen molar-refractivity contribution in [2.24, 2.45) is 0 Å². The smallest absolute Gasteiger partial charge is 0.335 e. The van der Waals surface area contributed by atoms with E-state index in [1.54, 1.807) is 0 Å². The van der Waals surface area contributed by atoms with Gasteiger partial charge in [0.2, 0.25) is 0 Å². The molecule has 2 N–H and O–H groups in total. The van der Waals surface area contributed by atoms with Gasteiger partial charge in [-0.15, -0.1) is 0 Å². The van der Waals surface area contributed by atoms with E-state index < -0.39 is 8.56 Å². The predicted octanol–water partition coefficient (Wildman–Crippen LogP) is 1.10. The van der Waals surface area contributed by atoms with Gasteiger partial charge in [0.05, 0.1) is 0 Å². The molecule has 0 aliphatic rings. The van der Waals surface area contributed by atoms with Crippen LogP contribution in [0.25, 0.3) is 0 Å². The molecular formula is C12H30N2O2Si. The van der Waals surface area contributed by atoms with Gasteiger partial charge in [-0.1, -0.05) is 27.7 Å². The van der Waals surface area contributed by atoms with E-state index in [1.807, 2.05) is 0 Å². The average Bonchev–Trinajstić information content (AvgIpc) is 2.31. The summed E-state index contributed by atoms with van der Waals surface area (Å²) >= 11 is 0. The zero-order chi connectivity index (χ0) is 13.3. The van der Waals surface area contributed by atoms with Crippen LogP contribution in [0.1, 0.15) is 27.7 Å². The minimum atomic E-state index is -2.98. The standard InChI is InChI=1S/C12H30N2O2Si/c1-5-13(6-2)9-11-17(15,16)12-10-14(7-3)8-4/h15-16H,5-12H2,1-4H3. The Balaban J connectivity index is 3.93. The molecular weight excluding hydrogens is 232 g/mol. The molecule has 0 fully saturated rings. The minimum absolute atomic E-state index is 0.565. The maximum Gasteiger partial charge on any atom is 0.335 e. The van der Waals surface area contributed by atoms with Crippen LogP contribution in [0.5, 0.6) is 0 Å². The van der Waals surface area contributed by atoms with E-state index in [2.05, 4.69) is 37.5 Å². The van der Waals surface area contributed by atoms with Crippen LogP contribution in [0.4, 0.5) is 0 Å². The van der Waals surface area contributed by atoms with Gasteiger partial charge < -0.3 is 19.4 Å². The SMILES string of the molecule is CCN(CC)CC[Si](O)(O)CCN(CC)CC. The predicted molar refractivity (Wildman–Crippen MR) is 75.4 cm³/mol. The number of rotatable bonds is 10. The van der Waals surface area contributed by atoms with E-state index in [0.717, 1.165) is 39.3 Å². The Labute approximate surface area is 107 Å². The van der Waals surface area contributed by atoms with Crippen LogP contribution in [-0.2, 0) is 0 Å². The number of hydrogen-bond donors (Lipinski definition) is 2. The van der Waals surface area contributed by atoms with Gasteiger partial charge in [0.15, 0.2) is 0 Å². The molecule has 0 aromatic carbocycles. The van der Waals surface area contributed by atoms with Gasteiger partial charge >= 0.3 is 8.56 Å². The van der Waals surface area contributed by atoms with E-state index in [-0.39, 0.29) is 0 Å². The summed E-state index contributed by atoms with van der Waals surface area (Å²) in [5, 5.41) is 0. The Kier molecular flexibility index (Phi) is 9.08. The fraction of sp³-hybridized carbons (Fsp3) is 1.00. The molecule has 0 saturated heterocycles. The van der Waals surface area contributed by atoms with E-state index in [0.29, 0.717) is 12.1 Å². The van der Waals surface area contributed by atoms with Crippen molar-refractivity contribution in [2.45, 2.75) is 39.8 Å². The molecule has 0 atom stereocenters. The summed E-state index contributed by atoms with van der Waals surface area (Å²) in [6.07, 6.45) is 0. The second-order valence-corrected chi connectivity index (χ2v) is 7.50. The van der Waals surface area contributed by atoms with Crippen LogP contribution in [0.2, 0.25) is 12.1 Å². The van der Waals surface area contributed by atoms with Gasteiger partial charge in [-0.05, 0) is 26.2 Å². The van der Waals surface area contributed by atoms with Crippen LogP contribution in [-0.4, -0.2) is 67.2 Å². The molecule has 0 aromatic rings. The highest BCUT2D eigenvalue weighted by atomic mass is 28.4. The zero-order valence-electron chi connectivity index (χ0n) is 11.9. The third kappa shape index (κ3) is 7.89. The zero-order valence-corrected chi connectivity index (χ0v) is 12.9. The lowest BCUT2D eigenvalue weighted by Crippen LogP contribution is -2.42. The first kappa shape index (κ1) is 17.1. The Morgan fingerprint density at radius 1 is 0.706 bits per heavy atom. The molecule has 0 radical (unpaired) electrons. The molecule has 0 amide bonds. The summed E-state index contributed by atoms with van der Waals surface area (Å²) in [4.78, 5) is 24.6. The van der Waals surface area contributed by atoms with Gasteiger partial charge in [0.1, 0.15) is 0 Å². The van der Waals surface area contributed by atoms with Crippen molar-refractivity contribution in [3.05, 3.63) is 0 Å². The summed E-state index contributed by atoms with van der Waals surface area (Å²) in [7, 11) is -2.98. The van der Waals surface area contributed by atoms with Crippen LogP contribution in [0, 0.1) is 0 Å². The largest absolute Gasteiger partial charge is 0.411 e. The molecule has 4 nitrogen and oxygen atoms in total. The molecule has 0 aliphatic heterocycles. The fourth-order valence-corrected chi connectivity index (χ4v) is 3.48. The minimum Gasteiger partial charge on any atom is -0.411 e. The summed E-state index contributed by atoms with van der Waals surface area (Å²) in [5.74, 6) is 0. The third-order valence-corrected chi connectivity index (χ3v) is 5.49. The van der Waals surface area contributed by atoms with Crippen LogP contribution in [0.3, 0.4) is 0 Å². The summed E-state index contributed by atoms with van der Waals surface area (Å²) in [6, 6.07) is 1.13. The van der Waals surface area contributed by atoms with Gasteiger partial charge in [0.25, 0.3) is 0 Å². The molecule has 0 bridgehead atoms. The molecule has 0 heterocycles. The Bertz CT molecular complexity index is 165. The summed E-state index contributed by atoms with van der Waals surface area (Å²) in [5.41, 5.74) is 0. The lowest BCUT2D eigenvalue weighted by Gasteiger charge is -2.26. The molecule has 0 saturated carbocycles. The van der Waals surface area contributed by atoms with Crippen molar-refractivity contribution in [1.82, 2.24) is 9.80 Å². The van der Waals surface area contributed by atoms with Crippen molar-refractivity contribution < 1.29 is 9.59 Å². The summed E-state index contributed by atoms with van der Waals surface area (Å²) in [6.45, 7) is 14.0. The van der Waals surface area contributed by atoms with Crippen molar-refractivity contribution >= 4 is 8.56 Å². The number of hydrogen-bond acceptors (Lipinski definition) is 4. The number of nitrogens with zero attached hydrogens (tertiary/aromatic N) is 2. The van der Waals surface area contributed by atoms with E-state index in [4.69, 9.17) is 0 Å². The van der Waals surface area contributed by atoms with E-state index >= 15 is 0 Å². The van der Waals surface area contributed by atoms with Crippen molar-refractivity contribution in [2.75, 3.05) is 39.3 Å². The Morgan fingerprint density at radius 2 is 1.00 bits per heavy atom. The maximum atomic E-state index is 10.0. The van der Waals surface area contributed by atoms with Gasteiger partial charge in [-0.3, -0.25) is 0 Å². The second kappa shape index (κ2) is 9.05. The highest BCUT2D eigenvalue weighted by Crippen LogP contribution is 2.10. The van der Waals surface area contributed by atoms with E-state index in [1.165, 1.54) is 0 Å². The second-order valence-electron chi connectivity index (χ2n) is 4.54. The lowest BCUT2D eigenvalue weighted by atomic mass is 10.5. The van der Waals surface area contributed by atoms with Crippen LogP contribution in [0.15, 0.2) is 0 Å². The molecule has 17 heavy (non-hydrogen) atoms. The molecule has 0 aliphatic carbocycles. The van der Waals surface area contributed by atoms with Crippen molar-refractivity contribution in [1.29, 1.82) is 0 Å². The van der Waals surface area contributed by atoms with Gasteiger partial charge in [0, 0.05) is 25.2 Å². The topological polar surface area (TPSA) is 46.9 Å². The normalized spacial score (nSPS) is 12.7. The third-order valence-electron chi connectivity index (χ3n) is 3.45. The monoisotopic (exact) mass is 262 g/mol. The maximum absolute atomic E-state index is 10.0. The first-order valence-corrected chi connectivity index (χ1v) is 9.19. The fourth-order valence-electron chi connectivity index (χ4n) is 1.88. The van der Waals surface area contributed by atoms with Gasteiger partial charge in [-0.25, -0.2) is 0 Å². The molecule has 0 rings (SSSR count). The molecule has 104 valence electrons. The highest BCUT2D eigenvalue weighted by molar-refractivity contribution is 6.64. The van der Waals surface area contributed by atoms with Crippen molar-refractivity contribution in [3.8, 4) is 0 Å². The molecule has 0 spiro atoms. The Hall–Kier alpha value is 0.0569. The highest BCUT2D eigenvalue weighted by Gasteiger charge is 2.29. The quantitative estimate of drug-likeness (QED) is 0.579. The Morgan fingerprint density at radius 3 is 1.24 bits per heavy atom.